The minimum absolute atomic E-state index is 0.0240. The molecule has 1 saturated heterocycles. The van der Waals surface area contributed by atoms with Gasteiger partial charge in [-0.25, -0.2) is 14.6 Å². The first kappa shape index (κ1) is 31.8. The van der Waals surface area contributed by atoms with Crippen molar-refractivity contribution in [1.29, 1.82) is 0 Å². The van der Waals surface area contributed by atoms with Crippen molar-refractivity contribution in [2.24, 2.45) is 17.6 Å². The van der Waals surface area contributed by atoms with Gasteiger partial charge in [-0.05, 0) is 55.0 Å². The molecular formula is C31H38N4O8. The summed E-state index contributed by atoms with van der Waals surface area (Å²) >= 11 is 0. The number of ether oxygens (including phenoxy) is 1. The summed E-state index contributed by atoms with van der Waals surface area (Å²) in [5.41, 5.74) is 7.39. The molecule has 12 heteroatoms. The molecule has 4 N–H and O–H groups in total. The third-order valence-corrected chi connectivity index (χ3v) is 7.70. The van der Waals surface area contributed by atoms with Crippen molar-refractivity contribution in [3.8, 4) is 0 Å². The molecule has 4 atom stereocenters. The number of carboxylic acids is 1. The van der Waals surface area contributed by atoms with E-state index < -0.39 is 48.1 Å². The van der Waals surface area contributed by atoms with E-state index in [-0.39, 0.29) is 35.4 Å². The van der Waals surface area contributed by atoms with Gasteiger partial charge in [0.1, 0.15) is 18.2 Å². The molecule has 3 aromatic rings. The number of imide groups is 3. The SMILES string of the molecule is CC(C)[C@@H](C(O)c1nc2cc(C(=O)O)ccc2o1)N1CCC[C@H]1C(=O)N(C(=O)OCc1ccccc1)C(=O)[C@@H](N)C(C)C. The standard InChI is InChI=1S/C31H38N4O8/c1-17(2)24(32)29(38)35(31(41)42-16-19-9-6-5-7-10-19)28(37)22-11-8-14-34(22)25(18(3)4)26(36)27-33-21-15-20(30(39)40)12-13-23(21)43-27/h5-7,9-10,12-13,15,17-18,22,24-26,36H,8,11,14,16,32H2,1-4H3,(H,39,40)/t22-,24-,25-,26?/m0/s1. The van der Waals surface area contributed by atoms with Crippen LogP contribution in [0.25, 0.3) is 11.1 Å². The highest BCUT2D eigenvalue weighted by Gasteiger charge is 2.46. The molecule has 230 valence electrons. The zero-order valence-corrected chi connectivity index (χ0v) is 24.7. The van der Waals surface area contributed by atoms with Crippen molar-refractivity contribution < 1.29 is 38.5 Å². The Bertz CT molecular complexity index is 1470. The summed E-state index contributed by atoms with van der Waals surface area (Å²) in [6.07, 6.45) is -1.52. The number of aromatic nitrogens is 1. The lowest BCUT2D eigenvalue weighted by atomic mass is 9.95. The van der Waals surface area contributed by atoms with Crippen molar-refractivity contribution in [2.75, 3.05) is 6.54 Å². The molecule has 1 fully saturated rings. The van der Waals surface area contributed by atoms with Gasteiger partial charge in [-0.2, -0.15) is 4.90 Å². The maximum Gasteiger partial charge on any atom is 0.423 e. The normalized spacial score (nSPS) is 17.6. The lowest BCUT2D eigenvalue weighted by Gasteiger charge is -2.38. The number of aliphatic hydroxyl groups excluding tert-OH is 1. The first-order chi connectivity index (χ1) is 20.4. The van der Waals surface area contributed by atoms with Crippen LogP contribution in [0.5, 0.6) is 0 Å². The van der Waals surface area contributed by atoms with Gasteiger partial charge >= 0.3 is 12.1 Å². The second-order valence-corrected chi connectivity index (χ2v) is 11.4. The molecule has 3 amide bonds. The Kier molecular flexibility index (Phi) is 9.95. The highest BCUT2D eigenvalue weighted by Crippen LogP contribution is 2.34. The third kappa shape index (κ3) is 6.93. The number of nitrogens with two attached hydrogens (primary N) is 1. The predicted octanol–water partition coefficient (Wildman–Crippen LogP) is 3.72. The van der Waals surface area contributed by atoms with Crippen LogP contribution < -0.4 is 5.73 Å². The summed E-state index contributed by atoms with van der Waals surface area (Å²) in [5.74, 6) is -3.37. The van der Waals surface area contributed by atoms with E-state index >= 15 is 0 Å². The van der Waals surface area contributed by atoms with E-state index in [4.69, 9.17) is 14.9 Å². The van der Waals surface area contributed by atoms with Crippen LogP contribution >= 0.6 is 0 Å². The number of oxazole rings is 1. The van der Waals surface area contributed by atoms with Crippen LogP contribution in [-0.4, -0.2) is 73.5 Å². The molecule has 1 unspecified atom stereocenters. The number of aliphatic hydroxyl groups is 1. The molecule has 0 aliphatic carbocycles. The second kappa shape index (κ2) is 13.4. The summed E-state index contributed by atoms with van der Waals surface area (Å²) in [7, 11) is 0. The predicted molar refractivity (Wildman–Crippen MR) is 156 cm³/mol. The van der Waals surface area contributed by atoms with Crippen LogP contribution in [0.2, 0.25) is 0 Å². The van der Waals surface area contributed by atoms with Crippen LogP contribution in [0, 0.1) is 11.8 Å². The fourth-order valence-electron chi connectivity index (χ4n) is 5.35. The molecule has 1 aliphatic rings. The number of aromatic carboxylic acids is 1. The van der Waals surface area contributed by atoms with Crippen molar-refractivity contribution in [1.82, 2.24) is 14.8 Å². The molecule has 12 nitrogen and oxygen atoms in total. The number of rotatable bonds is 10. The summed E-state index contributed by atoms with van der Waals surface area (Å²) < 4.78 is 11.2. The molecule has 1 aliphatic heterocycles. The third-order valence-electron chi connectivity index (χ3n) is 7.70. The molecule has 43 heavy (non-hydrogen) atoms. The lowest BCUT2D eigenvalue weighted by molar-refractivity contribution is -0.148. The molecule has 0 saturated carbocycles. The summed E-state index contributed by atoms with van der Waals surface area (Å²) in [6, 6.07) is 10.3. The Morgan fingerprint density at radius 2 is 1.79 bits per heavy atom. The highest BCUT2D eigenvalue weighted by molar-refractivity contribution is 6.12. The van der Waals surface area contributed by atoms with Gasteiger partial charge in [-0.3, -0.25) is 14.5 Å². The van der Waals surface area contributed by atoms with E-state index in [1.807, 2.05) is 19.9 Å². The van der Waals surface area contributed by atoms with Crippen LogP contribution in [0.3, 0.4) is 0 Å². The van der Waals surface area contributed by atoms with E-state index in [2.05, 4.69) is 4.98 Å². The fraction of sp³-hybridized carbons (Fsp3) is 0.452. The number of hydrogen-bond acceptors (Lipinski definition) is 10. The van der Waals surface area contributed by atoms with Crippen molar-refractivity contribution in [2.45, 2.75) is 71.4 Å². The number of likely N-dealkylation sites (tertiary alicyclic amines) is 1. The Morgan fingerprint density at radius 3 is 2.42 bits per heavy atom. The molecule has 0 spiro atoms. The number of nitrogens with zero attached hydrogens (tertiary/aromatic N) is 3. The maximum absolute atomic E-state index is 14.0. The van der Waals surface area contributed by atoms with E-state index in [0.717, 1.165) is 0 Å². The quantitative estimate of drug-likeness (QED) is 0.312. The van der Waals surface area contributed by atoms with E-state index in [1.54, 1.807) is 43.0 Å². The highest BCUT2D eigenvalue weighted by atomic mass is 16.6. The Labute approximate surface area is 249 Å². The topological polar surface area (TPSA) is 176 Å². The largest absolute Gasteiger partial charge is 0.478 e. The van der Waals surface area contributed by atoms with Crippen LogP contribution in [0.4, 0.5) is 4.79 Å². The minimum atomic E-state index is -1.30. The van der Waals surface area contributed by atoms with Crippen LogP contribution in [-0.2, 0) is 20.9 Å². The smallest absolute Gasteiger partial charge is 0.423 e. The number of benzene rings is 2. The molecule has 2 aromatic carbocycles. The van der Waals surface area contributed by atoms with Gasteiger partial charge in [0.25, 0.3) is 11.8 Å². The van der Waals surface area contributed by atoms with Crippen molar-refractivity contribution in [3.05, 3.63) is 65.5 Å². The average Bonchev–Trinajstić information content (AvgIpc) is 3.63. The number of carbonyl (C=O) groups excluding carboxylic acids is 3. The summed E-state index contributed by atoms with van der Waals surface area (Å²) in [6.45, 7) is 7.42. The Morgan fingerprint density at radius 1 is 1.09 bits per heavy atom. The van der Waals surface area contributed by atoms with E-state index in [0.29, 0.717) is 35.4 Å². The van der Waals surface area contributed by atoms with Crippen LogP contribution in [0.15, 0.2) is 52.9 Å². The van der Waals surface area contributed by atoms with Gasteiger partial charge in [0.15, 0.2) is 5.58 Å². The number of carbonyl (C=O) groups is 4. The Balaban J connectivity index is 1.62. The fourth-order valence-corrected chi connectivity index (χ4v) is 5.35. The summed E-state index contributed by atoms with van der Waals surface area (Å²) in [4.78, 5) is 58.8. The maximum atomic E-state index is 14.0. The molecule has 0 bridgehead atoms. The van der Waals surface area contributed by atoms with Crippen molar-refractivity contribution >= 4 is 35.0 Å². The van der Waals surface area contributed by atoms with Gasteiger partial charge in [0.2, 0.25) is 5.89 Å². The summed E-state index contributed by atoms with van der Waals surface area (Å²) in [5, 5.41) is 20.8. The number of fused-ring (bicyclic) bond motifs is 1. The van der Waals surface area contributed by atoms with Gasteiger partial charge in [-0.1, -0.05) is 58.0 Å². The van der Waals surface area contributed by atoms with Gasteiger partial charge in [0.05, 0.1) is 17.6 Å². The van der Waals surface area contributed by atoms with Crippen LogP contribution in [0.1, 0.15) is 68.5 Å². The zero-order valence-electron chi connectivity index (χ0n) is 24.7. The molecule has 0 radical (unpaired) electrons. The molecule has 4 rings (SSSR count). The molecule has 2 heterocycles. The van der Waals surface area contributed by atoms with Gasteiger partial charge < -0.3 is 25.1 Å². The molecule has 1 aromatic heterocycles. The minimum Gasteiger partial charge on any atom is -0.478 e. The van der Waals surface area contributed by atoms with E-state index in [1.165, 1.54) is 18.2 Å². The number of amides is 3. The van der Waals surface area contributed by atoms with Gasteiger partial charge in [-0.15, -0.1) is 0 Å². The lowest BCUT2D eigenvalue weighted by Crippen LogP contribution is -2.58. The van der Waals surface area contributed by atoms with Gasteiger partial charge in [0, 0.05) is 6.04 Å². The average molecular weight is 595 g/mol. The number of hydrogen-bond donors (Lipinski definition) is 3. The monoisotopic (exact) mass is 594 g/mol. The first-order valence-electron chi connectivity index (χ1n) is 14.3. The first-order valence-corrected chi connectivity index (χ1v) is 14.3. The Hall–Kier alpha value is -4.13. The zero-order chi connectivity index (χ0) is 31.4. The molecular weight excluding hydrogens is 556 g/mol. The van der Waals surface area contributed by atoms with Crippen molar-refractivity contribution in [3.63, 3.8) is 0 Å². The number of carboxylic acid groups (broad SMARTS) is 1. The second-order valence-electron chi connectivity index (χ2n) is 11.4. The van der Waals surface area contributed by atoms with E-state index in [9.17, 15) is 29.4 Å².